The summed E-state index contributed by atoms with van der Waals surface area (Å²) in [5, 5.41) is 5.97. The SMILES string of the molecule is Cc1ccc(NC(=O)c2ccnc(NCCC(C)C)n2)cc1. The number of hydrogen-bond donors (Lipinski definition) is 2. The molecule has 0 saturated heterocycles. The molecular formula is C17H22N4O. The molecule has 2 N–H and O–H groups in total. The molecule has 0 fully saturated rings. The molecule has 1 amide bonds. The summed E-state index contributed by atoms with van der Waals surface area (Å²) >= 11 is 0. The Labute approximate surface area is 131 Å². The molecular weight excluding hydrogens is 276 g/mol. The normalized spacial score (nSPS) is 10.5. The minimum absolute atomic E-state index is 0.238. The summed E-state index contributed by atoms with van der Waals surface area (Å²) in [5.41, 5.74) is 2.25. The highest BCUT2D eigenvalue weighted by atomic mass is 16.1. The molecule has 0 saturated carbocycles. The molecule has 5 nitrogen and oxygen atoms in total. The Kier molecular flexibility index (Phi) is 5.47. The van der Waals surface area contributed by atoms with Gasteiger partial charge in [-0.3, -0.25) is 4.79 Å². The number of amides is 1. The maximum atomic E-state index is 12.2. The van der Waals surface area contributed by atoms with E-state index in [1.165, 1.54) is 0 Å². The van der Waals surface area contributed by atoms with E-state index < -0.39 is 0 Å². The zero-order valence-electron chi connectivity index (χ0n) is 13.3. The second-order valence-electron chi connectivity index (χ2n) is 5.69. The number of nitrogens with one attached hydrogen (secondary N) is 2. The summed E-state index contributed by atoms with van der Waals surface area (Å²) in [6.07, 6.45) is 2.62. The Balaban J connectivity index is 1.99. The van der Waals surface area contributed by atoms with Gasteiger partial charge in [-0.1, -0.05) is 31.5 Å². The van der Waals surface area contributed by atoms with Gasteiger partial charge in [0.2, 0.25) is 5.95 Å². The van der Waals surface area contributed by atoms with E-state index >= 15 is 0 Å². The van der Waals surface area contributed by atoms with Gasteiger partial charge in [-0.15, -0.1) is 0 Å². The quantitative estimate of drug-likeness (QED) is 0.856. The van der Waals surface area contributed by atoms with Crippen molar-refractivity contribution < 1.29 is 4.79 Å². The summed E-state index contributed by atoms with van der Waals surface area (Å²) in [6.45, 7) is 7.12. The predicted octanol–water partition coefficient (Wildman–Crippen LogP) is 3.50. The highest BCUT2D eigenvalue weighted by Crippen LogP contribution is 2.10. The topological polar surface area (TPSA) is 66.9 Å². The molecule has 0 aliphatic heterocycles. The van der Waals surface area contributed by atoms with Crippen molar-refractivity contribution in [2.45, 2.75) is 27.2 Å². The highest BCUT2D eigenvalue weighted by molar-refractivity contribution is 6.02. The zero-order valence-corrected chi connectivity index (χ0v) is 13.3. The van der Waals surface area contributed by atoms with Crippen LogP contribution in [0.4, 0.5) is 11.6 Å². The molecule has 0 aliphatic carbocycles. The maximum Gasteiger partial charge on any atom is 0.274 e. The Hall–Kier alpha value is -2.43. The van der Waals surface area contributed by atoms with Crippen LogP contribution in [0.15, 0.2) is 36.5 Å². The predicted molar refractivity (Wildman–Crippen MR) is 89.1 cm³/mol. The third kappa shape index (κ3) is 4.84. The van der Waals surface area contributed by atoms with Crippen molar-refractivity contribution in [2.75, 3.05) is 17.2 Å². The molecule has 1 heterocycles. The van der Waals surface area contributed by atoms with E-state index in [0.29, 0.717) is 17.6 Å². The lowest BCUT2D eigenvalue weighted by Crippen LogP contribution is -2.16. The molecule has 1 aromatic carbocycles. The summed E-state index contributed by atoms with van der Waals surface area (Å²) in [4.78, 5) is 20.6. The Morgan fingerprint density at radius 3 is 2.59 bits per heavy atom. The number of hydrogen-bond acceptors (Lipinski definition) is 4. The van der Waals surface area contributed by atoms with Crippen molar-refractivity contribution in [3.8, 4) is 0 Å². The van der Waals surface area contributed by atoms with Gasteiger partial charge < -0.3 is 10.6 Å². The molecule has 0 radical (unpaired) electrons. The standard InChI is InChI=1S/C17H22N4O/c1-12(2)8-10-18-17-19-11-9-15(21-17)16(22)20-14-6-4-13(3)5-7-14/h4-7,9,11-12H,8,10H2,1-3H3,(H,20,22)(H,18,19,21). The van der Waals surface area contributed by atoms with Crippen LogP contribution in [0, 0.1) is 12.8 Å². The first-order valence-electron chi connectivity index (χ1n) is 7.49. The fraction of sp³-hybridized carbons (Fsp3) is 0.353. The molecule has 0 aliphatic rings. The lowest BCUT2D eigenvalue weighted by molar-refractivity contribution is 0.102. The van der Waals surface area contributed by atoms with Crippen molar-refractivity contribution in [3.05, 3.63) is 47.8 Å². The lowest BCUT2D eigenvalue weighted by Gasteiger charge is -2.08. The molecule has 5 heteroatoms. The van der Waals surface area contributed by atoms with Crippen molar-refractivity contribution in [1.82, 2.24) is 9.97 Å². The summed E-state index contributed by atoms with van der Waals surface area (Å²) in [6, 6.07) is 9.26. The Bertz CT molecular complexity index is 623. The van der Waals surface area contributed by atoms with Crippen molar-refractivity contribution in [1.29, 1.82) is 0 Å². The molecule has 2 rings (SSSR count). The van der Waals surface area contributed by atoms with Gasteiger partial charge >= 0.3 is 0 Å². The van der Waals surface area contributed by atoms with E-state index in [0.717, 1.165) is 24.2 Å². The van der Waals surface area contributed by atoms with Crippen LogP contribution in [0.2, 0.25) is 0 Å². The van der Waals surface area contributed by atoms with Gasteiger partial charge in [-0.25, -0.2) is 9.97 Å². The van der Waals surface area contributed by atoms with E-state index in [-0.39, 0.29) is 5.91 Å². The second kappa shape index (κ2) is 7.54. The van der Waals surface area contributed by atoms with Gasteiger partial charge in [0, 0.05) is 18.4 Å². The smallest absolute Gasteiger partial charge is 0.274 e. The number of aromatic nitrogens is 2. The molecule has 1 aromatic heterocycles. The van der Waals surface area contributed by atoms with E-state index in [9.17, 15) is 4.79 Å². The average molecular weight is 298 g/mol. The zero-order chi connectivity index (χ0) is 15.9. The first-order chi connectivity index (χ1) is 10.5. The molecule has 0 spiro atoms. The third-order valence-corrected chi connectivity index (χ3v) is 3.20. The number of rotatable bonds is 6. The molecule has 22 heavy (non-hydrogen) atoms. The summed E-state index contributed by atoms with van der Waals surface area (Å²) in [5.74, 6) is 0.857. The van der Waals surface area contributed by atoms with Crippen LogP contribution < -0.4 is 10.6 Å². The molecule has 116 valence electrons. The van der Waals surface area contributed by atoms with E-state index in [1.807, 2.05) is 31.2 Å². The number of carbonyl (C=O) groups excluding carboxylic acids is 1. The van der Waals surface area contributed by atoms with Crippen molar-refractivity contribution in [2.24, 2.45) is 5.92 Å². The van der Waals surface area contributed by atoms with Gasteiger partial charge in [0.05, 0.1) is 0 Å². The van der Waals surface area contributed by atoms with Crippen LogP contribution in [-0.2, 0) is 0 Å². The first-order valence-corrected chi connectivity index (χ1v) is 7.49. The fourth-order valence-corrected chi connectivity index (χ4v) is 1.88. The highest BCUT2D eigenvalue weighted by Gasteiger charge is 2.09. The molecule has 0 unspecified atom stereocenters. The van der Waals surface area contributed by atoms with E-state index in [2.05, 4.69) is 34.4 Å². The minimum atomic E-state index is -0.238. The van der Waals surface area contributed by atoms with Crippen molar-refractivity contribution in [3.63, 3.8) is 0 Å². The van der Waals surface area contributed by atoms with Crippen LogP contribution >= 0.6 is 0 Å². The number of aryl methyl sites for hydroxylation is 1. The molecule has 0 atom stereocenters. The Morgan fingerprint density at radius 1 is 1.18 bits per heavy atom. The van der Waals surface area contributed by atoms with E-state index in [4.69, 9.17) is 0 Å². The van der Waals surface area contributed by atoms with Gasteiger partial charge in [0.1, 0.15) is 5.69 Å². The Morgan fingerprint density at radius 2 is 1.91 bits per heavy atom. The van der Waals surface area contributed by atoms with Crippen molar-refractivity contribution >= 4 is 17.5 Å². The maximum absolute atomic E-state index is 12.2. The van der Waals surface area contributed by atoms with Gasteiger partial charge in [-0.05, 0) is 37.5 Å². The average Bonchev–Trinajstić information content (AvgIpc) is 2.49. The first kappa shape index (κ1) is 15.9. The lowest BCUT2D eigenvalue weighted by atomic mass is 10.1. The number of anilines is 2. The van der Waals surface area contributed by atoms with Crippen LogP contribution in [0.1, 0.15) is 36.3 Å². The van der Waals surface area contributed by atoms with Crippen LogP contribution in [0.5, 0.6) is 0 Å². The third-order valence-electron chi connectivity index (χ3n) is 3.20. The number of benzene rings is 1. The van der Waals surface area contributed by atoms with Gasteiger partial charge in [-0.2, -0.15) is 0 Å². The number of nitrogens with zero attached hydrogens (tertiary/aromatic N) is 2. The largest absolute Gasteiger partial charge is 0.354 e. The van der Waals surface area contributed by atoms with Gasteiger partial charge in [0.25, 0.3) is 5.91 Å². The van der Waals surface area contributed by atoms with Crippen LogP contribution in [0.25, 0.3) is 0 Å². The number of carbonyl (C=O) groups is 1. The summed E-state index contributed by atoms with van der Waals surface area (Å²) in [7, 11) is 0. The fourth-order valence-electron chi connectivity index (χ4n) is 1.88. The summed E-state index contributed by atoms with van der Waals surface area (Å²) < 4.78 is 0. The molecule has 2 aromatic rings. The second-order valence-corrected chi connectivity index (χ2v) is 5.69. The van der Waals surface area contributed by atoms with E-state index in [1.54, 1.807) is 12.3 Å². The van der Waals surface area contributed by atoms with Gasteiger partial charge in [0.15, 0.2) is 0 Å². The van der Waals surface area contributed by atoms with Crippen LogP contribution in [-0.4, -0.2) is 22.4 Å². The minimum Gasteiger partial charge on any atom is -0.354 e. The molecule has 0 bridgehead atoms. The van der Waals surface area contributed by atoms with Crippen LogP contribution in [0.3, 0.4) is 0 Å². The monoisotopic (exact) mass is 298 g/mol.